The molecule has 7 heteroatoms. The Morgan fingerprint density at radius 2 is 2.00 bits per heavy atom. The van der Waals surface area contributed by atoms with Crippen molar-refractivity contribution in [2.24, 2.45) is 0 Å². The van der Waals surface area contributed by atoms with Crippen molar-refractivity contribution in [2.45, 2.75) is 6.18 Å². The molecule has 17 heavy (non-hydrogen) atoms. The fourth-order valence-corrected chi connectivity index (χ4v) is 1.50. The van der Waals surface area contributed by atoms with E-state index in [1.807, 2.05) is 0 Å². The lowest BCUT2D eigenvalue weighted by Crippen LogP contribution is -2.15. The molecule has 0 atom stereocenters. The Morgan fingerprint density at radius 1 is 1.41 bits per heavy atom. The van der Waals surface area contributed by atoms with Crippen LogP contribution in [0.3, 0.4) is 0 Å². The molecular formula is C10H4BrF4NO. The zero-order valence-corrected chi connectivity index (χ0v) is 9.69. The summed E-state index contributed by atoms with van der Waals surface area (Å²) in [6, 6.07) is 2.16. The SMILES string of the molecule is N#Cc1cc(C(=O)CBr)c(C(F)(F)F)cc1F. The first kappa shape index (κ1) is 13.6. The average Bonchev–Trinajstić information content (AvgIpc) is 2.26. The number of halogens is 5. The van der Waals surface area contributed by atoms with Crippen LogP contribution >= 0.6 is 15.9 Å². The van der Waals surface area contributed by atoms with Crippen LogP contribution in [0, 0.1) is 17.1 Å². The number of Topliss-reactive ketones (excluding diaryl/α,β-unsaturated/α-hetero) is 1. The van der Waals surface area contributed by atoms with Gasteiger partial charge in [-0.1, -0.05) is 15.9 Å². The maximum absolute atomic E-state index is 13.1. The van der Waals surface area contributed by atoms with E-state index in [4.69, 9.17) is 5.26 Å². The highest BCUT2D eigenvalue weighted by molar-refractivity contribution is 9.09. The smallest absolute Gasteiger partial charge is 0.293 e. The lowest BCUT2D eigenvalue weighted by Gasteiger charge is -2.12. The molecule has 0 heterocycles. The number of hydrogen-bond donors (Lipinski definition) is 0. The first-order chi connectivity index (χ1) is 7.81. The van der Waals surface area contributed by atoms with Crippen LogP contribution in [0.5, 0.6) is 0 Å². The molecule has 0 saturated carbocycles. The summed E-state index contributed by atoms with van der Waals surface area (Å²) < 4.78 is 50.7. The maximum atomic E-state index is 13.1. The third kappa shape index (κ3) is 2.82. The van der Waals surface area contributed by atoms with Crippen molar-refractivity contribution in [3.63, 3.8) is 0 Å². The second-order valence-electron chi connectivity index (χ2n) is 3.04. The summed E-state index contributed by atoms with van der Waals surface area (Å²) in [5.74, 6) is -2.17. The van der Waals surface area contributed by atoms with E-state index in [0.717, 1.165) is 0 Å². The summed E-state index contributed by atoms with van der Waals surface area (Å²) in [6.45, 7) is 0. The van der Waals surface area contributed by atoms with E-state index >= 15 is 0 Å². The Bertz CT molecular complexity index is 504. The van der Waals surface area contributed by atoms with Crippen LogP contribution in [0.1, 0.15) is 21.5 Å². The van der Waals surface area contributed by atoms with Crippen LogP contribution in [-0.4, -0.2) is 11.1 Å². The Morgan fingerprint density at radius 3 is 2.41 bits per heavy atom. The molecule has 0 radical (unpaired) electrons. The minimum absolute atomic E-state index is 0.161. The van der Waals surface area contributed by atoms with Gasteiger partial charge in [-0.2, -0.15) is 18.4 Å². The molecule has 0 spiro atoms. The summed E-state index contributed by atoms with van der Waals surface area (Å²) in [7, 11) is 0. The molecule has 1 rings (SSSR count). The molecular weight excluding hydrogens is 306 g/mol. The van der Waals surface area contributed by atoms with Gasteiger partial charge in [0, 0.05) is 5.56 Å². The molecule has 2 nitrogen and oxygen atoms in total. The van der Waals surface area contributed by atoms with Gasteiger partial charge in [-0.3, -0.25) is 4.79 Å². The molecule has 90 valence electrons. The van der Waals surface area contributed by atoms with E-state index in [0.29, 0.717) is 6.07 Å². The largest absolute Gasteiger partial charge is 0.417 e. The number of alkyl halides is 4. The number of nitriles is 1. The molecule has 0 unspecified atom stereocenters. The third-order valence-corrected chi connectivity index (χ3v) is 2.46. The highest BCUT2D eigenvalue weighted by Crippen LogP contribution is 2.33. The highest BCUT2D eigenvalue weighted by Gasteiger charge is 2.36. The molecule has 0 N–H and O–H groups in total. The standard InChI is InChI=1S/C10H4BrF4NO/c11-3-9(17)6-1-5(4-16)8(12)2-7(6)10(13,14)15/h1-2H,3H2. The summed E-state index contributed by atoms with van der Waals surface area (Å²) in [5.41, 5.74) is -2.69. The van der Waals surface area contributed by atoms with Crippen molar-refractivity contribution < 1.29 is 22.4 Å². The van der Waals surface area contributed by atoms with Gasteiger partial charge in [-0.05, 0) is 12.1 Å². The molecule has 0 saturated heterocycles. The molecule has 0 amide bonds. The van der Waals surface area contributed by atoms with Crippen LogP contribution in [0.25, 0.3) is 0 Å². The number of ketones is 1. The fourth-order valence-electron chi connectivity index (χ4n) is 1.20. The Hall–Kier alpha value is -1.42. The van der Waals surface area contributed by atoms with E-state index in [2.05, 4.69) is 15.9 Å². The number of carbonyl (C=O) groups is 1. The Labute approximate surface area is 102 Å². The van der Waals surface area contributed by atoms with Gasteiger partial charge in [-0.25, -0.2) is 4.39 Å². The molecule has 0 aliphatic carbocycles. The minimum Gasteiger partial charge on any atom is -0.293 e. The van der Waals surface area contributed by atoms with E-state index in [9.17, 15) is 22.4 Å². The lowest BCUT2D eigenvalue weighted by molar-refractivity contribution is -0.138. The third-order valence-electron chi connectivity index (χ3n) is 1.95. The quantitative estimate of drug-likeness (QED) is 0.478. The van der Waals surface area contributed by atoms with Crippen LogP contribution in [-0.2, 0) is 6.18 Å². The van der Waals surface area contributed by atoms with Crippen LogP contribution in [0.4, 0.5) is 17.6 Å². The molecule has 1 aromatic carbocycles. The van der Waals surface area contributed by atoms with Gasteiger partial charge < -0.3 is 0 Å². The molecule has 0 aliphatic rings. The van der Waals surface area contributed by atoms with Crippen LogP contribution in [0.15, 0.2) is 12.1 Å². The molecule has 0 aliphatic heterocycles. The first-order valence-corrected chi connectivity index (χ1v) is 5.33. The lowest BCUT2D eigenvalue weighted by atomic mass is 10.0. The Balaban J connectivity index is 3.54. The number of benzene rings is 1. The number of nitrogens with zero attached hydrogens (tertiary/aromatic N) is 1. The summed E-state index contributed by atoms with van der Waals surface area (Å²) in [6.07, 6.45) is -4.85. The molecule has 0 bridgehead atoms. The van der Waals surface area contributed by atoms with Crippen molar-refractivity contribution in [2.75, 3.05) is 5.33 Å². The summed E-state index contributed by atoms with van der Waals surface area (Å²) >= 11 is 2.72. The number of hydrogen-bond acceptors (Lipinski definition) is 2. The van der Waals surface area contributed by atoms with Gasteiger partial charge in [0.05, 0.1) is 16.5 Å². The zero-order valence-electron chi connectivity index (χ0n) is 8.11. The number of rotatable bonds is 2. The minimum atomic E-state index is -4.85. The normalized spacial score (nSPS) is 11.1. The summed E-state index contributed by atoms with van der Waals surface area (Å²) in [5, 5.41) is 8.16. The van der Waals surface area contributed by atoms with Crippen molar-refractivity contribution in [1.29, 1.82) is 5.26 Å². The van der Waals surface area contributed by atoms with Crippen LogP contribution in [0.2, 0.25) is 0 Å². The van der Waals surface area contributed by atoms with Crippen LogP contribution < -0.4 is 0 Å². The fraction of sp³-hybridized carbons (Fsp3) is 0.200. The predicted molar refractivity (Wildman–Crippen MR) is 54.2 cm³/mol. The monoisotopic (exact) mass is 309 g/mol. The van der Waals surface area contributed by atoms with Gasteiger partial charge in [-0.15, -0.1) is 0 Å². The van der Waals surface area contributed by atoms with Gasteiger partial charge in [0.25, 0.3) is 0 Å². The second-order valence-corrected chi connectivity index (χ2v) is 3.60. The molecule has 1 aromatic rings. The summed E-state index contributed by atoms with van der Waals surface area (Å²) in [4.78, 5) is 11.3. The predicted octanol–water partition coefficient (Wildman–Crippen LogP) is 3.29. The highest BCUT2D eigenvalue weighted by atomic mass is 79.9. The van der Waals surface area contributed by atoms with E-state index in [1.54, 1.807) is 0 Å². The van der Waals surface area contributed by atoms with E-state index in [-0.39, 0.29) is 11.4 Å². The van der Waals surface area contributed by atoms with Gasteiger partial charge in [0.15, 0.2) is 5.78 Å². The molecule has 0 fully saturated rings. The first-order valence-electron chi connectivity index (χ1n) is 4.21. The van der Waals surface area contributed by atoms with E-state index in [1.165, 1.54) is 6.07 Å². The maximum Gasteiger partial charge on any atom is 0.417 e. The second kappa shape index (κ2) is 4.84. The zero-order chi connectivity index (χ0) is 13.2. The van der Waals surface area contributed by atoms with Gasteiger partial charge in [0.2, 0.25) is 0 Å². The topological polar surface area (TPSA) is 40.9 Å². The molecule has 0 aromatic heterocycles. The van der Waals surface area contributed by atoms with Gasteiger partial charge >= 0.3 is 6.18 Å². The number of carbonyl (C=O) groups excluding carboxylic acids is 1. The van der Waals surface area contributed by atoms with Gasteiger partial charge in [0.1, 0.15) is 11.9 Å². The van der Waals surface area contributed by atoms with Crippen molar-refractivity contribution in [1.82, 2.24) is 0 Å². The van der Waals surface area contributed by atoms with E-state index < -0.39 is 34.5 Å². The van der Waals surface area contributed by atoms with Crippen molar-refractivity contribution >= 4 is 21.7 Å². The van der Waals surface area contributed by atoms with Crippen molar-refractivity contribution in [3.8, 4) is 6.07 Å². The average molecular weight is 310 g/mol. The van der Waals surface area contributed by atoms with Crippen molar-refractivity contribution in [3.05, 3.63) is 34.6 Å². The Kier molecular flexibility index (Phi) is 3.88.